The molecular weight excluding hydrogens is 256 g/mol. The van der Waals surface area contributed by atoms with Crippen LogP contribution in [-0.4, -0.2) is 26.2 Å². The fourth-order valence-electron chi connectivity index (χ4n) is 1.87. The SMILES string of the molecule is C=CCc1cc(CNC(=O)[C@H](C)N)cc(OC)c1OC. The molecule has 0 saturated carbocycles. The highest BCUT2D eigenvalue weighted by atomic mass is 16.5. The highest BCUT2D eigenvalue weighted by Crippen LogP contribution is 2.33. The minimum atomic E-state index is -0.525. The van der Waals surface area contributed by atoms with Gasteiger partial charge in [-0.3, -0.25) is 4.79 Å². The predicted molar refractivity (Wildman–Crippen MR) is 78.9 cm³/mol. The summed E-state index contributed by atoms with van der Waals surface area (Å²) < 4.78 is 10.7. The van der Waals surface area contributed by atoms with Crippen molar-refractivity contribution in [1.82, 2.24) is 5.32 Å². The van der Waals surface area contributed by atoms with Crippen molar-refractivity contribution < 1.29 is 14.3 Å². The maximum Gasteiger partial charge on any atom is 0.236 e. The van der Waals surface area contributed by atoms with Gasteiger partial charge in [-0.1, -0.05) is 6.08 Å². The molecule has 0 aliphatic carbocycles. The summed E-state index contributed by atoms with van der Waals surface area (Å²) in [5.74, 6) is 1.14. The molecule has 1 amide bonds. The number of benzene rings is 1. The zero-order valence-electron chi connectivity index (χ0n) is 12.2. The van der Waals surface area contributed by atoms with Crippen molar-refractivity contribution in [3.63, 3.8) is 0 Å². The molecule has 3 N–H and O–H groups in total. The molecule has 0 saturated heterocycles. The van der Waals surface area contributed by atoms with Gasteiger partial charge in [-0.15, -0.1) is 6.58 Å². The third-order valence-corrected chi connectivity index (χ3v) is 2.86. The zero-order valence-corrected chi connectivity index (χ0v) is 12.2. The summed E-state index contributed by atoms with van der Waals surface area (Å²) in [4.78, 5) is 11.5. The number of methoxy groups -OCH3 is 2. The molecule has 0 aromatic heterocycles. The minimum absolute atomic E-state index is 0.190. The molecule has 1 aromatic carbocycles. The third-order valence-electron chi connectivity index (χ3n) is 2.86. The van der Waals surface area contributed by atoms with Gasteiger partial charge in [0, 0.05) is 12.1 Å². The van der Waals surface area contributed by atoms with E-state index in [4.69, 9.17) is 15.2 Å². The Hall–Kier alpha value is -2.01. The van der Waals surface area contributed by atoms with Crippen LogP contribution in [0.5, 0.6) is 11.5 Å². The highest BCUT2D eigenvalue weighted by molar-refractivity contribution is 5.80. The van der Waals surface area contributed by atoms with Gasteiger partial charge in [-0.05, 0) is 31.0 Å². The van der Waals surface area contributed by atoms with Crippen molar-refractivity contribution in [2.45, 2.75) is 25.9 Å². The molecule has 0 unspecified atom stereocenters. The molecule has 20 heavy (non-hydrogen) atoms. The molecule has 1 aromatic rings. The molecule has 0 heterocycles. The van der Waals surface area contributed by atoms with E-state index in [1.165, 1.54) is 0 Å². The van der Waals surface area contributed by atoms with Gasteiger partial charge in [-0.25, -0.2) is 0 Å². The number of carbonyl (C=O) groups is 1. The maximum atomic E-state index is 11.5. The first kappa shape index (κ1) is 16.0. The van der Waals surface area contributed by atoms with Crippen LogP contribution in [0.3, 0.4) is 0 Å². The van der Waals surface area contributed by atoms with Gasteiger partial charge in [-0.2, -0.15) is 0 Å². The van der Waals surface area contributed by atoms with Gasteiger partial charge >= 0.3 is 0 Å². The Balaban J connectivity index is 2.99. The Kier molecular flexibility index (Phi) is 6.06. The maximum absolute atomic E-state index is 11.5. The molecule has 5 heteroatoms. The number of carbonyl (C=O) groups excluding carboxylic acids is 1. The second-order valence-electron chi connectivity index (χ2n) is 4.49. The van der Waals surface area contributed by atoms with E-state index in [1.807, 2.05) is 12.1 Å². The largest absolute Gasteiger partial charge is 0.493 e. The first-order chi connectivity index (χ1) is 9.53. The van der Waals surface area contributed by atoms with Crippen LogP contribution >= 0.6 is 0 Å². The Morgan fingerprint density at radius 2 is 2.15 bits per heavy atom. The van der Waals surface area contributed by atoms with Crippen molar-refractivity contribution in [2.24, 2.45) is 5.73 Å². The lowest BCUT2D eigenvalue weighted by atomic mass is 10.1. The van der Waals surface area contributed by atoms with Gasteiger partial charge in [0.25, 0.3) is 0 Å². The first-order valence-electron chi connectivity index (χ1n) is 6.41. The smallest absolute Gasteiger partial charge is 0.236 e. The lowest BCUT2D eigenvalue weighted by Gasteiger charge is -2.15. The van der Waals surface area contributed by atoms with E-state index in [-0.39, 0.29) is 5.91 Å². The van der Waals surface area contributed by atoms with Crippen molar-refractivity contribution in [2.75, 3.05) is 14.2 Å². The summed E-state index contributed by atoms with van der Waals surface area (Å²) in [5.41, 5.74) is 7.40. The number of nitrogens with one attached hydrogen (secondary N) is 1. The van der Waals surface area contributed by atoms with E-state index in [1.54, 1.807) is 27.2 Å². The van der Waals surface area contributed by atoms with Crippen LogP contribution in [0.4, 0.5) is 0 Å². The summed E-state index contributed by atoms with van der Waals surface area (Å²) in [5, 5.41) is 2.77. The van der Waals surface area contributed by atoms with Crippen LogP contribution in [0.2, 0.25) is 0 Å². The Labute approximate surface area is 119 Å². The van der Waals surface area contributed by atoms with Gasteiger partial charge < -0.3 is 20.5 Å². The fourth-order valence-corrected chi connectivity index (χ4v) is 1.87. The van der Waals surface area contributed by atoms with Crippen molar-refractivity contribution in [3.05, 3.63) is 35.9 Å². The summed E-state index contributed by atoms with van der Waals surface area (Å²) >= 11 is 0. The van der Waals surface area contributed by atoms with Crippen molar-refractivity contribution in [3.8, 4) is 11.5 Å². The van der Waals surface area contributed by atoms with Crippen molar-refractivity contribution in [1.29, 1.82) is 0 Å². The number of ether oxygens (including phenoxy) is 2. The molecule has 0 bridgehead atoms. The topological polar surface area (TPSA) is 73.6 Å². The lowest BCUT2D eigenvalue weighted by Crippen LogP contribution is -2.37. The summed E-state index contributed by atoms with van der Waals surface area (Å²) in [7, 11) is 3.18. The lowest BCUT2D eigenvalue weighted by molar-refractivity contribution is -0.122. The number of rotatable bonds is 7. The number of allylic oxidation sites excluding steroid dienone is 1. The van der Waals surface area contributed by atoms with Gasteiger partial charge in [0.1, 0.15) is 0 Å². The summed E-state index contributed by atoms with van der Waals surface area (Å²) in [6, 6.07) is 3.28. The van der Waals surface area contributed by atoms with Gasteiger partial charge in [0.2, 0.25) is 5.91 Å². The van der Waals surface area contributed by atoms with E-state index in [0.717, 1.165) is 11.1 Å². The van der Waals surface area contributed by atoms with E-state index in [0.29, 0.717) is 24.5 Å². The number of nitrogens with two attached hydrogens (primary N) is 1. The number of amides is 1. The molecule has 0 spiro atoms. The first-order valence-corrected chi connectivity index (χ1v) is 6.41. The second-order valence-corrected chi connectivity index (χ2v) is 4.49. The van der Waals surface area contributed by atoms with E-state index in [2.05, 4.69) is 11.9 Å². The van der Waals surface area contributed by atoms with Crippen LogP contribution in [0.15, 0.2) is 24.8 Å². The van der Waals surface area contributed by atoms with Crippen LogP contribution in [0.25, 0.3) is 0 Å². The highest BCUT2D eigenvalue weighted by Gasteiger charge is 2.13. The fraction of sp³-hybridized carbons (Fsp3) is 0.400. The number of hydrogen-bond donors (Lipinski definition) is 2. The Bertz CT molecular complexity index is 484. The molecule has 1 rings (SSSR count). The van der Waals surface area contributed by atoms with Gasteiger partial charge in [0.05, 0.1) is 20.3 Å². The second kappa shape index (κ2) is 7.55. The number of hydrogen-bond acceptors (Lipinski definition) is 4. The van der Waals surface area contributed by atoms with E-state index in [9.17, 15) is 4.79 Å². The minimum Gasteiger partial charge on any atom is -0.493 e. The summed E-state index contributed by atoms with van der Waals surface area (Å²) in [6.07, 6.45) is 2.45. The monoisotopic (exact) mass is 278 g/mol. The van der Waals surface area contributed by atoms with Crippen LogP contribution in [0.1, 0.15) is 18.1 Å². The van der Waals surface area contributed by atoms with Crippen molar-refractivity contribution >= 4 is 5.91 Å². The Morgan fingerprint density at radius 1 is 1.45 bits per heavy atom. The molecule has 0 aliphatic rings. The van der Waals surface area contributed by atoms with Crippen LogP contribution < -0.4 is 20.5 Å². The van der Waals surface area contributed by atoms with Crippen LogP contribution in [0, 0.1) is 0 Å². The molecular formula is C15H22N2O3. The van der Waals surface area contributed by atoms with E-state index < -0.39 is 6.04 Å². The molecule has 0 radical (unpaired) electrons. The molecule has 1 atom stereocenters. The normalized spacial score (nSPS) is 11.6. The van der Waals surface area contributed by atoms with Gasteiger partial charge in [0.15, 0.2) is 11.5 Å². The molecule has 110 valence electrons. The quantitative estimate of drug-likeness (QED) is 0.739. The summed E-state index contributed by atoms with van der Waals surface area (Å²) in [6.45, 7) is 5.77. The zero-order chi connectivity index (χ0) is 15.1. The molecule has 0 aliphatic heterocycles. The van der Waals surface area contributed by atoms with Crippen LogP contribution in [-0.2, 0) is 17.8 Å². The standard InChI is InChI=1S/C15H22N2O3/c1-5-6-12-7-11(9-17-15(18)10(2)16)8-13(19-3)14(12)20-4/h5,7-8,10H,1,6,9,16H2,2-4H3,(H,17,18)/t10-/m0/s1. The molecule has 0 fully saturated rings. The third kappa shape index (κ3) is 3.99. The average Bonchev–Trinajstić information content (AvgIpc) is 2.44. The molecule has 5 nitrogen and oxygen atoms in total. The average molecular weight is 278 g/mol. The predicted octanol–water partition coefficient (Wildman–Crippen LogP) is 1.40. The van der Waals surface area contributed by atoms with E-state index >= 15 is 0 Å². The Morgan fingerprint density at radius 3 is 2.65 bits per heavy atom.